The van der Waals surface area contributed by atoms with Crippen LogP contribution in [0.3, 0.4) is 0 Å². The van der Waals surface area contributed by atoms with Gasteiger partial charge in [0.2, 0.25) is 0 Å². The van der Waals surface area contributed by atoms with E-state index in [0.29, 0.717) is 18.9 Å². The molecule has 1 atom stereocenters. The summed E-state index contributed by atoms with van der Waals surface area (Å²) in [5.41, 5.74) is 11.6. The Morgan fingerprint density at radius 1 is 1.47 bits per heavy atom. The van der Waals surface area contributed by atoms with Gasteiger partial charge in [0.1, 0.15) is 10.3 Å². The molecule has 1 aliphatic heterocycles. The first-order valence-corrected chi connectivity index (χ1v) is 5.40. The van der Waals surface area contributed by atoms with Gasteiger partial charge in [-0.3, -0.25) is 0 Å². The van der Waals surface area contributed by atoms with Gasteiger partial charge in [0.25, 0.3) is 0 Å². The Bertz CT molecular complexity index is 283. The van der Waals surface area contributed by atoms with Crippen LogP contribution in [0.4, 0.5) is 0 Å². The van der Waals surface area contributed by atoms with E-state index in [-0.39, 0.29) is 16.4 Å². The van der Waals surface area contributed by atoms with Gasteiger partial charge < -0.3 is 21.1 Å². The second-order valence-corrected chi connectivity index (χ2v) is 4.22. The molecular weight excluding hydrogens is 237 g/mol. The first-order chi connectivity index (χ1) is 7.02. The second-order valence-electron chi connectivity index (χ2n) is 3.38. The Kier molecular flexibility index (Phi) is 4.57. The molecule has 1 fully saturated rings. The Hall–Kier alpha value is -0.580. The highest BCUT2D eigenvalue weighted by molar-refractivity contribution is 6.30. The average molecular weight is 252 g/mol. The second kappa shape index (κ2) is 5.49. The lowest BCUT2D eigenvalue weighted by Gasteiger charge is -2.36. The van der Waals surface area contributed by atoms with Crippen molar-refractivity contribution in [3.05, 3.63) is 22.1 Å². The lowest BCUT2D eigenvalue weighted by molar-refractivity contribution is 0.0185. The molecule has 1 unspecified atom stereocenters. The first-order valence-electron chi connectivity index (χ1n) is 4.64. The molecule has 86 valence electrons. The highest BCUT2D eigenvalue weighted by Crippen LogP contribution is 2.19. The molecule has 0 amide bonds. The molecule has 15 heavy (non-hydrogen) atoms. The number of allylic oxidation sites excluding steroid dienone is 1. The third kappa shape index (κ3) is 3.48. The van der Waals surface area contributed by atoms with Crippen molar-refractivity contribution in [1.29, 1.82) is 0 Å². The van der Waals surface area contributed by atoms with Crippen LogP contribution in [0.15, 0.2) is 22.1 Å². The molecule has 0 bridgehead atoms. The van der Waals surface area contributed by atoms with Gasteiger partial charge in [0, 0.05) is 12.6 Å². The van der Waals surface area contributed by atoms with Crippen LogP contribution in [0.2, 0.25) is 0 Å². The molecule has 1 rings (SSSR count). The van der Waals surface area contributed by atoms with Crippen molar-refractivity contribution in [2.45, 2.75) is 13.0 Å². The summed E-state index contributed by atoms with van der Waals surface area (Å²) >= 11 is 11.4. The fourth-order valence-electron chi connectivity index (χ4n) is 1.50. The minimum absolute atomic E-state index is 0.160. The van der Waals surface area contributed by atoms with E-state index in [0.717, 1.165) is 6.54 Å². The van der Waals surface area contributed by atoms with Crippen molar-refractivity contribution in [1.82, 2.24) is 4.90 Å². The van der Waals surface area contributed by atoms with Crippen molar-refractivity contribution in [2.24, 2.45) is 11.5 Å². The standard InChI is InChI=1S/C9H15Cl2N3O/c1-6-5-15-3-2-14(6)7(9(11)13)4-8(10)12/h4,6H,2-3,5,12-13H2,1H3/b8-4-,9-7+. The van der Waals surface area contributed by atoms with Crippen molar-refractivity contribution >= 4 is 23.2 Å². The maximum absolute atomic E-state index is 5.80. The number of nitrogens with two attached hydrogens (primary N) is 2. The Balaban J connectivity index is 2.89. The fourth-order valence-corrected chi connectivity index (χ4v) is 1.77. The Morgan fingerprint density at radius 3 is 2.60 bits per heavy atom. The SMILES string of the molecule is CC1COCCN1C(/C=C(\N)Cl)=C(/N)Cl. The van der Waals surface area contributed by atoms with Crippen molar-refractivity contribution < 1.29 is 4.74 Å². The van der Waals surface area contributed by atoms with E-state index in [4.69, 9.17) is 39.4 Å². The molecule has 0 spiro atoms. The van der Waals surface area contributed by atoms with Gasteiger partial charge in [0.05, 0.1) is 18.9 Å². The molecule has 0 aliphatic carbocycles. The summed E-state index contributed by atoms with van der Waals surface area (Å²) < 4.78 is 5.31. The van der Waals surface area contributed by atoms with Crippen LogP contribution in [0.25, 0.3) is 0 Å². The van der Waals surface area contributed by atoms with Crippen LogP contribution in [0, 0.1) is 0 Å². The van der Waals surface area contributed by atoms with Gasteiger partial charge in [-0.2, -0.15) is 0 Å². The van der Waals surface area contributed by atoms with Gasteiger partial charge in [-0.25, -0.2) is 0 Å². The van der Waals surface area contributed by atoms with Gasteiger partial charge >= 0.3 is 0 Å². The number of ether oxygens (including phenoxy) is 1. The highest BCUT2D eigenvalue weighted by atomic mass is 35.5. The van der Waals surface area contributed by atoms with Crippen LogP contribution in [0.5, 0.6) is 0 Å². The lowest BCUT2D eigenvalue weighted by Crippen LogP contribution is -2.43. The van der Waals surface area contributed by atoms with Gasteiger partial charge in [-0.15, -0.1) is 0 Å². The quantitative estimate of drug-likeness (QED) is 0.570. The van der Waals surface area contributed by atoms with Crippen LogP contribution >= 0.6 is 23.2 Å². The third-order valence-electron chi connectivity index (χ3n) is 2.20. The molecule has 0 saturated carbocycles. The maximum Gasteiger partial charge on any atom is 0.123 e. The van der Waals surface area contributed by atoms with Gasteiger partial charge in [-0.05, 0) is 13.0 Å². The van der Waals surface area contributed by atoms with Gasteiger partial charge in [0.15, 0.2) is 0 Å². The molecule has 6 heteroatoms. The van der Waals surface area contributed by atoms with Crippen LogP contribution in [-0.2, 0) is 4.74 Å². The number of rotatable bonds is 2. The van der Waals surface area contributed by atoms with E-state index in [9.17, 15) is 0 Å². The number of hydrogen-bond acceptors (Lipinski definition) is 4. The third-order valence-corrected chi connectivity index (χ3v) is 2.50. The minimum atomic E-state index is 0.160. The summed E-state index contributed by atoms with van der Waals surface area (Å²) in [6, 6.07) is 0.207. The topological polar surface area (TPSA) is 64.5 Å². The predicted octanol–water partition coefficient (Wildman–Crippen LogP) is 1.11. The van der Waals surface area contributed by atoms with Crippen molar-refractivity contribution in [3.8, 4) is 0 Å². The molecule has 0 aromatic heterocycles. The molecule has 0 aromatic rings. The highest BCUT2D eigenvalue weighted by Gasteiger charge is 2.21. The zero-order chi connectivity index (χ0) is 11.4. The van der Waals surface area contributed by atoms with E-state index < -0.39 is 0 Å². The summed E-state index contributed by atoms with van der Waals surface area (Å²) in [4.78, 5) is 2.03. The summed E-state index contributed by atoms with van der Waals surface area (Å²) in [5, 5.41) is 0.347. The van der Waals surface area contributed by atoms with Crippen molar-refractivity contribution in [2.75, 3.05) is 19.8 Å². The van der Waals surface area contributed by atoms with Crippen LogP contribution < -0.4 is 11.5 Å². The maximum atomic E-state index is 5.80. The predicted molar refractivity (Wildman–Crippen MR) is 62.2 cm³/mol. The Morgan fingerprint density at radius 2 is 2.13 bits per heavy atom. The zero-order valence-corrected chi connectivity index (χ0v) is 10.1. The molecule has 1 heterocycles. The van der Waals surface area contributed by atoms with Crippen molar-refractivity contribution in [3.63, 3.8) is 0 Å². The van der Waals surface area contributed by atoms with Crippen LogP contribution in [-0.4, -0.2) is 30.7 Å². The minimum Gasteiger partial charge on any atom is -0.389 e. The largest absolute Gasteiger partial charge is 0.389 e. The number of hydrogen-bond donors (Lipinski definition) is 2. The first kappa shape index (κ1) is 12.5. The summed E-state index contributed by atoms with van der Waals surface area (Å²) in [6.45, 7) is 4.04. The smallest absolute Gasteiger partial charge is 0.123 e. The number of halogens is 2. The van der Waals surface area contributed by atoms with E-state index in [1.165, 1.54) is 0 Å². The number of nitrogens with zero attached hydrogens (tertiary/aromatic N) is 1. The van der Waals surface area contributed by atoms with Crippen LogP contribution in [0.1, 0.15) is 6.92 Å². The zero-order valence-electron chi connectivity index (χ0n) is 8.54. The number of morpholine rings is 1. The summed E-state index contributed by atoms with van der Waals surface area (Å²) in [6.07, 6.45) is 1.56. The molecule has 1 saturated heterocycles. The van der Waals surface area contributed by atoms with E-state index in [1.54, 1.807) is 6.08 Å². The Labute approximate surface area is 99.4 Å². The molecule has 4 nitrogen and oxygen atoms in total. The lowest BCUT2D eigenvalue weighted by atomic mass is 10.2. The molecule has 1 aliphatic rings. The molecule has 0 aromatic carbocycles. The summed E-state index contributed by atoms with van der Waals surface area (Å²) in [5.74, 6) is 0. The van der Waals surface area contributed by atoms with E-state index >= 15 is 0 Å². The normalized spacial score (nSPS) is 25.1. The fraction of sp³-hybridized carbons (Fsp3) is 0.556. The monoisotopic (exact) mass is 251 g/mol. The molecule has 0 radical (unpaired) electrons. The molecule has 4 N–H and O–H groups in total. The summed E-state index contributed by atoms with van der Waals surface area (Å²) in [7, 11) is 0. The van der Waals surface area contributed by atoms with E-state index in [1.807, 2.05) is 11.8 Å². The van der Waals surface area contributed by atoms with E-state index in [2.05, 4.69) is 0 Å². The average Bonchev–Trinajstić information content (AvgIpc) is 2.15. The molecular formula is C9H15Cl2N3O. The van der Waals surface area contributed by atoms with Gasteiger partial charge in [-0.1, -0.05) is 23.2 Å².